The molecule has 8 rings (SSSR count). The molecule has 3 fully saturated rings. The monoisotopic (exact) mass is 920 g/mol. The highest BCUT2D eigenvalue weighted by atomic mass is 32.2. The van der Waals surface area contributed by atoms with Crippen LogP contribution in [-0.4, -0.2) is 89.5 Å². The number of benzene rings is 5. The van der Waals surface area contributed by atoms with Gasteiger partial charge in [0.05, 0.1) is 37.1 Å². The number of rotatable bonds is 15. The van der Waals surface area contributed by atoms with Crippen molar-refractivity contribution in [2.45, 2.75) is 98.9 Å². The van der Waals surface area contributed by atoms with Crippen LogP contribution in [0.2, 0.25) is 0 Å². The highest BCUT2D eigenvalue weighted by Crippen LogP contribution is 2.41. The van der Waals surface area contributed by atoms with Gasteiger partial charge in [0.2, 0.25) is 0 Å². The van der Waals surface area contributed by atoms with E-state index >= 15 is 0 Å². The molecule has 0 amide bonds. The summed E-state index contributed by atoms with van der Waals surface area (Å²) in [6, 6.07) is 38.9. The van der Waals surface area contributed by atoms with E-state index in [1.807, 2.05) is 60.7 Å². The number of halogens is 3. The van der Waals surface area contributed by atoms with Crippen molar-refractivity contribution < 1.29 is 73.2 Å². The summed E-state index contributed by atoms with van der Waals surface area (Å²) in [5.74, 6) is -0.812. The number of alkyl halides is 3. The molecule has 3 heterocycles. The zero-order valence-corrected chi connectivity index (χ0v) is 36.0. The SMILES string of the molecule is CO[C@H]1O[C@@H]2COC(c3ccccc3)O[C@H]2[C@H](OCc2ccccc2)[C@@H]1O[C@@H]1O[C@@H](C)[C@H](OC(=O)c2ccccc2)[C@@H](OCc2ccccc2)[C@H]1OS(=O)(=O)c1ccccc1C(F)(F)F. The quantitative estimate of drug-likeness (QED) is 0.0746. The van der Waals surface area contributed by atoms with E-state index in [2.05, 4.69) is 0 Å². The molecule has 13 nitrogen and oxygen atoms in total. The number of fused-ring (bicyclic) bond motifs is 1. The largest absolute Gasteiger partial charge is 0.453 e. The van der Waals surface area contributed by atoms with Crippen LogP contribution in [0.15, 0.2) is 150 Å². The Balaban J connectivity index is 1.20. The molecule has 344 valence electrons. The lowest BCUT2D eigenvalue weighted by atomic mass is 9.96. The second kappa shape index (κ2) is 20.6. The molecule has 3 aliphatic heterocycles. The Hall–Kier alpha value is -5.05. The lowest BCUT2D eigenvalue weighted by Gasteiger charge is -2.51. The molecule has 0 aromatic heterocycles. The van der Waals surface area contributed by atoms with Crippen molar-refractivity contribution in [2.75, 3.05) is 13.7 Å². The molecular formula is C48H47F3O13S. The van der Waals surface area contributed by atoms with Gasteiger partial charge in [-0.25, -0.2) is 4.79 Å². The van der Waals surface area contributed by atoms with Gasteiger partial charge in [-0.05, 0) is 42.3 Å². The molecule has 0 saturated carbocycles. The third-order valence-corrected chi connectivity index (χ3v) is 12.5. The van der Waals surface area contributed by atoms with Crippen LogP contribution in [0, 0.1) is 0 Å². The fourth-order valence-electron chi connectivity index (χ4n) is 7.96. The van der Waals surface area contributed by atoms with Crippen LogP contribution in [0.3, 0.4) is 0 Å². The molecule has 0 radical (unpaired) electrons. The van der Waals surface area contributed by atoms with E-state index < -0.39 is 100 Å². The van der Waals surface area contributed by atoms with E-state index in [0.29, 0.717) is 11.6 Å². The third kappa shape index (κ3) is 11.0. The zero-order chi connectivity index (χ0) is 45.6. The van der Waals surface area contributed by atoms with Crippen LogP contribution < -0.4 is 0 Å². The Morgan fingerprint density at radius 1 is 0.662 bits per heavy atom. The van der Waals surface area contributed by atoms with Crippen molar-refractivity contribution in [3.8, 4) is 0 Å². The summed E-state index contributed by atoms with van der Waals surface area (Å²) in [7, 11) is -3.99. The molecule has 0 bridgehead atoms. The maximum absolute atomic E-state index is 14.4. The van der Waals surface area contributed by atoms with Gasteiger partial charge in [-0.15, -0.1) is 0 Å². The topological polar surface area (TPSA) is 144 Å². The van der Waals surface area contributed by atoms with Crippen molar-refractivity contribution in [3.63, 3.8) is 0 Å². The first kappa shape index (κ1) is 46.5. The van der Waals surface area contributed by atoms with E-state index in [1.165, 1.54) is 19.2 Å². The van der Waals surface area contributed by atoms with Gasteiger partial charge < -0.3 is 42.6 Å². The fourth-order valence-corrected chi connectivity index (χ4v) is 9.25. The van der Waals surface area contributed by atoms with Crippen LogP contribution in [0.5, 0.6) is 0 Å². The average Bonchev–Trinajstić information content (AvgIpc) is 3.32. The Morgan fingerprint density at radius 3 is 1.85 bits per heavy atom. The van der Waals surface area contributed by atoms with Gasteiger partial charge in [-0.1, -0.05) is 121 Å². The van der Waals surface area contributed by atoms with Gasteiger partial charge in [-0.3, -0.25) is 4.18 Å². The number of carbonyl (C=O) groups is 1. The molecule has 3 saturated heterocycles. The summed E-state index contributed by atoms with van der Waals surface area (Å²) in [4.78, 5) is 12.5. The highest BCUT2D eigenvalue weighted by molar-refractivity contribution is 7.86. The lowest BCUT2D eigenvalue weighted by Crippen LogP contribution is -2.66. The third-order valence-electron chi connectivity index (χ3n) is 11.1. The minimum atomic E-state index is -5.36. The first-order valence-electron chi connectivity index (χ1n) is 20.9. The van der Waals surface area contributed by atoms with Crippen LogP contribution >= 0.6 is 0 Å². The average molecular weight is 921 g/mol. The molecular weight excluding hydrogens is 874 g/mol. The summed E-state index contributed by atoms with van der Waals surface area (Å²) >= 11 is 0. The van der Waals surface area contributed by atoms with Crippen LogP contribution in [0.4, 0.5) is 13.2 Å². The molecule has 0 aliphatic carbocycles. The smallest absolute Gasteiger partial charge is 0.417 e. The molecule has 3 aliphatic rings. The summed E-state index contributed by atoms with van der Waals surface area (Å²) in [6.07, 6.45) is -19.0. The minimum Gasteiger partial charge on any atom is -0.453 e. The highest BCUT2D eigenvalue weighted by Gasteiger charge is 2.57. The predicted octanol–water partition coefficient (Wildman–Crippen LogP) is 7.79. The summed E-state index contributed by atoms with van der Waals surface area (Å²) < 4.78 is 135. The van der Waals surface area contributed by atoms with Crippen LogP contribution in [-0.2, 0) is 76.3 Å². The van der Waals surface area contributed by atoms with Crippen molar-refractivity contribution in [3.05, 3.63) is 173 Å². The molecule has 0 spiro atoms. The second-order valence-electron chi connectivity index (χ2n) is 15.5. The summed E-state index contributed by atoms with van der Waals surface area (Å²) in [6.45, 7) is 1.48. The number of hydrogen-bond donors (Lipinski definition) is 0. The summed E-state index contributed by atoms with van der Waals surface area (Å²) in [5.41, 5.74) is 0.832. The molecule has 65 heavy (non-hydrogen) atoms. The molecule has 5 aromatic carbocycles. The summed E-state index contributed by atoms with van der Waals surface area (Å²) in [5, 5.41) is 0. The van der Waals surface area contributed by atoms with Gasteiger partial charge in [0.25, 0.3) is 10.1 Å². The Bertz CT molecular complexity index is 2420. The maximum Gasteiger partial charge on any atom is 0.417 e. The van der Waals surface area contributed by atoms with Crippen molar-refractivity contribution in [2.24, 2.45) is 0 Å². The Morgan fingerprint density at radius 2 is 1.23 bits per heavy atom. The fraction of sp³-hybridized carbons (Fsp3) is 0.354. The molecule has 11 atom stereocenters. The Labute approximate surface area is 374 Å². The van der Waals surface area contributed by atoms with Crippen LogP contribution in [0.1, 0.15) is 45.8 Å². The van der Waals surface area contributed by atoms with Crippen molar-refractivity contribution >= 4 is 16.1 Å². The van der Waals surface area contributed by atoms with E-state index in [0.717, 1.165) is 29.3 Å². The second-order valence-corrected chi connectivity index (χ2v) is 17.1. The number of methoxy groups -OCH3 is 1. The van der Waals surface area contributed by atoms with E-state index in [1.54, 1.807) is 55.5 Å². The minimum absolute atomic E-state index is 0.0516. The van der Waals surface area contributed by atoms with Crippen molar-refractivity contribution in [1.82, 2.24) is 0 Å². The van der Waals surface area contributed by atoms with Gasteiger partial charge in [0, 0.05) is 12.7 Å². The van der Waals surface area contributed by atoms with Gasteiger partial charge in [-0.2, -0.15) is 21.6 Å². The lowest BCUT2D eigenvalue weighted by molar-refractivity contribution is -0.393. The molecule has 5 aromatic rings. The van der Waals surface area contributed by atoms with E-state index in [9.17, 15) is 26.4 Å². The first-order valence-corrected chi connectivity index (χ1v) is 22.3. The molecule has 17 heteroatoms. The Kier molecular flexibility index (Phi) is 14.8. The normalized spacial score (nSPS) is 28.2. The predicted molar refractivity (Wildman–Crippen MR) is 224 cm³/mol. The van der Waals surface area contributed by atoms with Gasteiger partial charge in [0.15, 0.2) is 31.1 Å². The van der Waals surface area contributed by atoms with Crippen LogP contribution in [0.25, 0.3) is 0 Å². The van der Waals surface area contributed by atoms with Gasteiger partial charge in [0.1, 0.15) is 35.4 Å². The first-order chi connectivity index (χ1) is 31.4. The zero-order valence-electron chi connectivity index (χ0n) is 35.2. The maximum atomic E-state index is 14.4. The number of carbonyl (C=O) groups excluding carboxylic acids is 1. The van der Waals surface area contributed by atoms with Crippen molar-refractivity contribution in [1.29, 1.82) is 0 Å². The molecule has 1 unspecified atom stereocenters. The van der Waals surface area contributed by atoms with E-state index in [-0.39, 0.29) is 25.4 Å². The standard InChI is InChI=1S/C48H47F3O13S/c1-30-38(61-44(52)33-21-11-5-12-22-33)40(56-27-31-17-7-3-8-18-31)43(64-65(53,54)37-26-16-15-25-35(37)48(49,50)51)47(59-30)63-42-41(57-28-32-19-9-4-10-20-32)39-36(60-46(42)55-2)29-58-45(62-39)34-23-13-6-14-24-34/h3-26,30,36,38-43,45-47H,27-29H2,1-2H3/t30-,36+,38-,39+,40+,41-,42-,43+,45?,46-,47-/m0/s1. The number of ether oxygens (including phenoxy) is 9. The van der Waals surface area contributed by atoms with E-state index in [4.69, 9.17) is 46.8 Å². The number of hydrogen-bond acceptors (Lipinski definition) is 13. The van der Waals surface area contributed by atoms with Gasteiger partial charge >= 0.3 is 12.1 Å². The number of esters is 1. The molecule has 0 N–H and O–H groups in total.